The molecule has 0 bridgehead atoms. The number of aliphatic hydroxyl groups is 1. The molecule has 8 heteroatoms. The average molecular weight is 372 g/mol. The van der Waals surface area contributed by atoms with E-state index in [2.05, 4.69) is 10.2 Å². The molecule has 0 radical (unpaired) electrons. The number of nitrogens with zero attached hydrogens (tertiary/aromatic N) is 4. The minimum Gasteiger partial charge on any atom is -0.391 e. The molecule has 1 aromatic heterocycles. The van der Waals surface area contributed by atoms with Crippen LogP contribution in [0.2, 0.25) is 0 Å². The summed E-state index contributed by atoms with van der Waals surface area (Å²) in [6.45, 7) is 0.791. The molecule has 2 aromatic rings. The normalized spacial score (nSPS) is 19.3. The SMILES string of the molecule is N#Cc1ccc(N2CC(CC(=O)Cc3ccc(C(F)F)cc3)[C@@H](O)C2)nn1. The summed E-state index contributed by atoms with van der Waals surface area (Å²) in [7, 11) is 0. The molecule has 6 nitrogen and oxygen atoms in total. The van der Waals surface area contributed by atoms with Crippen LogP contribution in [0, 0.1) is 17.2 Å². The number of benzene rings is 1. The highest BCUT2D eigenvalue weighted by Crippen LogP contribution is 2.25. The fourth-order valence-corrected chi connectivity index (χ4v) is 3.17. The van der Waals surface area contributed by atoms with Crippen LogP contribution < -0.4 is 4.90 Å². The van der Waals surface area contributed by atoms with Crippen LogP contribution in [-0.2, 0) is 11.2 Å². The number of anilines is 1. The number of hydrogen-bond acceptors (Lipinski definition) is 6. The molecule has 1 aromatic carbocycles. The first kappa shape index (κ1) is 18.9. The van der Waals surface area contributed by atoms with E-state index in [0.29, 0.717) is 24.5 Å². The second kappa shape index (κ2) is 8.18. The standard InChI is InChI=1S/C19H18F2N4O2/c20-19(21)13-3-1-12(2-4-13)7-16(26)8-14-10-25(11-17(14)27)18-6-5-15(9-22)23-24-18/h1-6,14,17,19,27H,7-8,10-11H2/t14?,17-/m0/s1. The number of aromatic nitrogens is 2. The molecular weight excluding hydrogens is 354 g/mol. The summed E-state index contributed by atoms with van der Waals surface area (Å²) in [4.78, 5) is 14.1. The predicted molar refractivity (Wildman–Crippen MR) is 93.2 cm³/mol. The van der Waals surface area contributed by atoms with E-state index in [4.69, 9.17) is 5.26 Å². The molecule has 1 fully saturated rings. The van der Waals surface area contributed by atoms with Crippen molar-refractivity contribution >= 4 is 11.6 Å². The van der Waals surface area contributed by atoms with Gasteiger partial charge in [-0.2, -0.15) is 5.26 Å². The molecule has 140 valence electrons. The van der Waals surface area contributed by atoms with Gasteiger partial charge in [-0.1, -0.05) is 24.3 Å². The number of halogens is 2. The van der Waals surface area contributed by atoms with E-state index in [0.717, 1.165) is 0 Å². The average Bonchev–Trinajstić information content (AvgIpc) is 3.02. The van der Waals surface area contributed by atoms with E-state index in [1.54, 1.807) is 12.1 Å². The molecule has 1 aliphatic heterocycles. The van der Waals surface area contributed by atoms with Crippen LogP contribution in [0.3, 0.4) is 0 Å². The van der Waals surface area contributed by atoms with Crippen LogP contribution in [-0.4, -0.2) is 40.3 Å². The number of carbonyl (C=O) groups is 1. The molecular formula is C19H18F2N4O2. The molecule has 0 aliphatic carbocycles. The van der Waals surface area contributed by atoms with Crippen LogP contribution in [0.1, 0.15) is 29.7 Å². The molecule has 1 aliphatic rings. The fourth-order valence-electron chi connectivity index (χ4n) is 3.17. The smallest absolute Gasteiger partial charge is 0.263 e. The number of carbonyl (C=O) groups excluding carboxylic acids is 1. The lowest BCUT2D eigenvalue weighted by molar-refractivity contribution is -0.119. The third-order valence-corrected chi connectivity index (χ3v) is 4.62. The Balaban J connectivity index is 1.56. The number of ketones is 1. The minimum absolute atomic E-state index is 0.0587. The quantitative estimate of drug-likeness (QED) is 0.837. The Morgan fingerprint density at radius 2 is 1.96 bits per heavy atom. The van der Waals surface area contributed by atoms with E-state index in [1.165, 1.54) is 24.3 Å². The number of aliphatic hydroxyl groups excluding tert-OH is 1. The van der Waals surface area contributed by atoms with Gasteiger partial charge in [0.25, 0.3) is 6.43 Å². The molecule has 2 heterocycles. The highest BCUT2D eigenvalue weighted by molar-refractivity contribution is 5.81. The lowest BCUT2D eigenvalue weighted by atomic mass is 9.96. The third kappa shape index (κ3) is 4.63. The second-order valence-electron chi connectivity index (χ2n) is 6.58. The Morgan fingerprint density at radius 3 is 2.56 bits per heavy atom. The summed E-state index contributed by atoms with van der Waals surface area (Å²) in [6, 6.07) is 10.8. The van der Waals surface area contributed by atoms with Gasteiger partial charge in [0.2, 0.25) is 0 Å². The van der Waals surface area contributed by atoms with Gasteiger partial charge in [0, 0.05) is 37.4 Å². The van der Waals surface area contributed by atoms with Gasteiger partial charge in [-0.3, -0.25) is 4.79 Å². The van der Waals surface area contributed by atoms with Gasteiger partial charge in [-0.25, -0.2) is 8.78 Å². The maximum Gasteiger partial charge on any atom is 0.263 e. The summed E-state index contributed by atoms with van der Waals surface area (Å²) < 4.78 is 25.1. The topological polar surface area (TPSA) is 90.1 Å². The van der Waals surface area contributed by atoms with E-state index in [1.807, 2.05) is 11.0 Å². The second-order valence-corrected chi connectivity index (χ2v) is 6.58. The fraction of sp³-hybridized carbons (Fsp3) is 0.368. The molecule has 2 atom stereocenters. The van der Waals surface area contributed by atoms with E-state index in [-0.39, 0.29) is 35.8 Å². The Labute approximate surface area is 155 Å². The zero-order valence-electron chi connectivity index (χ0n) is 14.4. The van der Waals surface area contributed by atoms with Gasteiger partial charge < -0.3 is 10.0 Å². The highest BCUT2D eigenvalue weighted by Gasteiger charge is 2.33. The monoisotopic (exact) mass is 372 g/mol. The zero-order valence-corrected chi connectivity index (χ0v) is 14.4. The molecule has 0 saturated carbocycles. The Bertz CT molecular complexity index is 834. The first-order valence-corrected chi connectivity index (χ1v) is 8.52. The Hall–Kier alpha value is -2.92. The summed E-state index contributed by atoms with van der Waals surface area (Å²) in [5, 5.41) is 26.8. The van der Waals surface area contributed by atoms with Crippen LogP contribution in [0.15, 0.2) is 36.4 Å². The van der Waals surface area contributed by atoms with Crippen LogP contribution in [0.5, 0.6) is 0 Å². The minimum atomic E-state index is -2.53. The summed E-state index contributed by atoms with van der Waals surface area (Å²) in [6.07, 6.45) is -2.87. The zero-order chi connectivity index (χ0) is 19.4. The molecule has 1 saturated heterocycles. The van der Waals surface area contributed by atoms with Crippen molar-refractivity contribution in [2.45, 2.75) is 25.4 Å². The van der Waals surface area contributed by atoms with Gasteiger partial charge in [-0.15, -0.1) is 10.2 Å². The maximum absolute atomic E-state index is 12.6. The van der Waals surface area contributed by atoms with Gasteiger partial charge >= 0.3 is 0 Å². The highest BCUT2D eigenvalue weighted by atomic mass is 19.3. The van der Waals surface area contributed by atoms with Crippen molar-refractivity contribution in [2.75, 3.05) is 18.0 Å². The number of rotatable bonds is 6. The Morgan fingerprint density at radius 1 is 1.22 bits per heavy atom. The molecule has 0 amide bonds. The van der Waals surface area contributed by atoms with Crippen molar-refractivity contribution in [1.82, 2.24) is 10.2 Å². The molecule has 27 heavy (non-hydrogen) atoms. The largest absolute Gasteiger partial charge is 0.391 e. The number of nitriles is 1. The van der Waals surface area contributed by atoms with Gasteiger partial charge in [-0.05, 0) is 17.7 Å². The van der Waals surface area contributed by atoms with Crippen LogP contribution in [0.4, 0.5) is 14.6 Å². The van der Waals surface area contributed by atoms with Crippen molar-refractivity contribution in [1.29, 1.82) is 5.26 Å². The third-order valence-electron chi connectivity index (χ3n) is 4.62. The van der Waals surface area contributed by atoms with Gasteiger partial charge in [0.1, 0.15) is 11.9 Å². The molecule has 0 spiro atoms. The van der Waals surface area contributed by atoms with Crippen molar-refractivity contribution in [3.63, 3.8) is 0 Å². The van der Waals surface area contributed by atoms with E-state index >= 15 is 0 Å². The van der Waals surface area contributed by atoms with Crippen LogP contribution in [0.25, 0.3) is 0 Å². The summed E-state index contributed by atoms with van der Waals surface area (Å²) in [5.41, 5.74) is 0.811. The van der Waals surface area contributed by atoms with Gasteiger partial charge in [0.15, 0.2) is 11.5 Å². The number of alkyl halides is 2. The molecule has 1 unspecified atom stereocenters. The molecule has 1 N–H and O–H groups in total. The lowest BCUT2D eigenvalue weighted by Gasteiger charge is -2.16. The first-order valence-electron chi connectivity index (χ1n) is 8.52. The number of hydrogen-bond donors (Lipinski definition) is 1. The molecule has 3 rings (SSSR count). The number of β-amino-alcohol motifs (C(OH)–C–C–N with tert-alkyl or cyclic N) is 1. The predicted octanol–water partition coefficient (Wildman–Crippen LogP) is 2.28. The van der Waals surface area contributed by atoms with Crippen molar-refractivity contribution in [3.05, 3.63) is 53.2 Å². The summed E-state index contributed by atoms with van der Waals surface area (Å²) in [5.74, 6) is 0.248. The Kier molecular flexibility index (Phi) is 5.72. The lowest BCUT2D eigenvalue weighted by Crippen LogP contribution is -2.22. The first-order chi connectivity index (χ1) is 13.0. The van der Waals surface area contributed by atoms with Crippen LogP contribution >= 0.6 is 0 Å². The number of Topliss-reactive ketones (excluding diaryl/α,β-unsaturated/α-hetero) is 1. The van der Waals surface area contributed by atoms with E-state index in [9.17, 15) is 18.7 Å². The van der Waals surface area contributed by atoms with Crippen molar-refractivity contribution < 1.29 is 18.7 Å². The van der Waals surface area contributed by atoms with Gasteiger partial charge in [0.05, 0.1) is 6.10 Å². The summed E-state index contributed by atoms with van der Waals surface area (Å²) >= 11 is 0. The van der Waals surface area contributed by atoms with E-state index < -0.39 is 12.5 Å². The van der Waals surface area contributed by atoms with Crippen molar-refractivity contribution in [2.24, 2.45) is 5.92 Å². The van der Waals surface area contributed by atoms with Crippen molar-refractivity contribution in [3.8, 4) is 6.07 Å². The maximum atomic E-state index is 12.6.